The van der Waals surface area contributed by atoms with Gasteiger partial charge >= 0.3 is 0 Å². The first-order valence-electron chi connectivity index (χ1n) is 4.21. The number of aryl methyl sites for hydroxylation is 1. The number of anilines is 1. The summed E-state index contributed by atoms with van der Waals surface area (Å²) in [5.41, 5.74) is 3.04. The summed E-state index contributed by atoms with van der Waals surface area (Å²) in [5, 5.41) is 4.03. The van der Waals surface area contributed by atoms with E-state index < -0.39 is 0 Å². The Labute approximate surface area is 77.6 Å². The van der Waals surface area contributed by atoms with Gasteiger partial charge in [-0.05, 0) is 19.1 Å². The fourth-order valence-electron chi connectivity index (χ4n) is 1.45. The zero-order valence-electron chi connectivity index (χ0n) is 7.54. The van der Waals surface area contributed by atoms with Gasteiger partial charge in [0, 0.05) is 23.8 Å². The van der Waals surface area contributed by atoms with Gasteiger partial charge in [-0.1, -0.05) is 18.2 Å². The first-order chi connectivity index (χ1) is 6.31. The highest BCUT2D eigenvalue weighted by Gasteiger charge is 2.00. The predicted octanol–water partition coefficient (Wildman–Crippen LogP) is 2.75. The van der Waals surface area contributed by atoms with Crippen LogP contribution in [0.5, 0.6) is 0 Å². The van der Waals surface area contributed by atoms with Crippen molar-refractivity contribution in [1.29, 1.82) is 0 Å². The number of rotatable bonds is 1. The zero-order valence-corrected chi connectivity index (χ0v) is 7.54. The first kappa shape index (κ1) is 8.05. The Morgan fingerprint density at radius 2 is 2.08 bits per heavy atom. The van der Waals surface area contributed by atoms with Crippen LogP contribution in [0.25, 0.3) is 10.9 Å². The fourth-order valence-corrected chi connectivity index (χ4v) is 1.45. The average Bonchev–Trinajstić information content (AvgIpc) is 2.16. The van der Waals surface area contributed by atoms with E-state index in [1.807, 2.05) is 37.3 Å². The van der Waals surface area contributed by atoms with E-state index in [0.29, 0.717) is 0 Å². The van der Waals surface area contributed by atoms with Crippen molar-refractivity contribution in [1.82, 2.24) is 4.98 Å². The molecule has 1 N–H and O–H groups in total. The minimum atomic E-state index is 1.00. The van der Waals surface area contributed by atoms with Gasteiger partial charge in [0.25, 0.3) is 0 Å². The minimum absolute atomic E-state index is 1.00. The number of fused-ring (bicyclic) bond motifs is 1. The smallest absolute Gasteiger partial charge is 0.0725 e. The molecular weight excluding hydrogens is 160 g/mol. The Bertz CT molecular complexity index is 435. The van der Waals surface area contributed by atoms with Gasteiger partial charge in [-0.2, -0.15) is 0 Å². The Balaban J connectivity index is 2.81. The van der Waals surface area contributed by atoms with Crippen molar-refractivity contribution in [2.45, 2.75) is 6.92 Å². The first-order valence-corrected chi connectivity index (χ1v) is 4.21. The molecule has 1 heterocycles. The van der Waals surface area contributed by atoms with E-state index in [1.54, 1.807) is 0 Å². The summed E-state index contributed by atoms with van der Waals surface area (Å²) < 4.78 is 0. The van der Waals surface area contributed by atoms with E-state index in [1.165, 1.54) is 0 Å². The van der Waals surface area contributed by atoms with Crippen LogP contribution in [0.4, 0.5) is 5.69 Å². The van der Waals surface area contributed by atoms with Crippen molar-refractivity contribution >= 4 is 16.6 Å². The maximum Gasteiger partial charge on any atom is 0.0725 e. The number of para-hydroxylation sites is 1. The third-order valence-electron chi connectivity index (χ3n) is 2.03. The van der Waals surface area contributed by atoms with Gasteiger partial charge in [0.1, 0.15) is 0 Å². The third-order valence-corrected chi connectivity index (χ3v) is 2.03. The lowest BCUT2D eigenvalue weighted by molar-refractivity contribution is 1.25. The molecule has 1 radical (unpaired) electrons. The van der Waals surface area contributed by atoms with E-state index in [2.05, 4.69) is 17.3 Å². The van der Waals surface area contributed by atoms with Crippen molar-refractivity contribution in [3.8, 4) is 0 Å². The van der Waals surface area contributed by atoms with Crippen molar-refractivity contribution in [2.75, 3.05) is 5.32 Å². The lowest BCUT2D eigenvalue weighted by Gasteiger charge is -2.05. The van der Waals surface area contributed by atoms with Crippen LogP contribution >= 0.6 is 0 Å². The number of nitrogens with one attached hydrogen (secondary N) is 1. The van der Waals surface area contributed by atoms with Crippen LogP contribution in [0.15, 0.2) is 30.3 Å². The Morgan fingerprint density at radius 1 is 1.31 bits per heavy atom. The molecule has 1 aromatic carbocycles. The molecule has 65 valence electrons. The quantitative estimate of drug-likeness (QED) is 0.713. The molecule has 0 saturated heterocycles. The highest BCUT2D eigenvalue weighted by atomic mass is 14.8. The lowest BCUT2D eigenvalue weighted by atomic mass is 10.1. The summed E-state index contributed by atoms with van der Waals surface area (Å²) in [4.78, 5) is 4.42. The summed E-state index contributed by atoms with van der Waals surface area (Å²) >= 11 is 0. The van der Waals surface area contributed by atoms with E-state index in [0.717, 1.165) is 22.3 Å². The second-order valence-corrected chi connectivity index (χ2v) is 3.01. The summed E-state index contributed by atoms with van der Waals surface area (Å²) in [6.45, 7) is 1.98. The lowest BCUT2D eigenvalue weighted by Crippen LogP contribution is -1.90. The molecule has 0 aliphatic rings. The van der Waals surface area contributed by atoms with Gasteiger partial charge in [-0.3, -0.25) is 4.98 Å². The van der Waals surface area contributed by atoms with Crippen LogP contribution in [-0.2, 0) is 0 Å². The molecular formula is C11H11N2. The van der Waals surface area contributed by atoms with Crippen molar-refractivity contribution < 1.29 is 0 Å². The van der Waals surface area contributed by atoms with Gasteiger partial charge in [0.2, 0.25) is 0 Å². The number of hydrogen-bond acceptors (Lipinski definition) is 2. The van der Waals surface area contributed by atoms with Crippen LogP contribution in [0.3, 0.4) is 0 Å². The number of hydrogen-bond donors (Lipinski definition) is 1. The summed E-state index contributed by atoms with van der Waals surface area (Å²) in [6, 6.07) is 10.0. The topological polar surface area (TPSA) is 24.9 Å². The minimum Gasteiger partial charge on any atom is -0.383 e. The summed E-state index contributed by atoms with van der Waals surface area (Å²) in [7, 11) is 3.67. The molecule has 0 amide bonds. The highest BCUT2D eigenvalue weighted by Crippen LogP contribution is 2.22. The molecule has 0 aliphatic carbocycles. The standard InChI is InChI=1S/C11H11N2/c1-8-7-11(12-2)9-5-3-4-6-10(9)13-8/h3-7H,2H2,1H3,(H,12,13). The van der Waals surface area contributed by atoms with Gasteiger partial charge in [-0.25, -0.2) is 0 Å². The second kappa shape index (κ2) is 3.05. The maximum absolute atomic E-state index is 4.42. The van der Waals surface area contributed by atoms with E-state index in [9.17, 15) is 0 Å². The monoisotopic (exact) mass is 171 g/mol. The van der Waals surface area contributed by atoms with Crippen LogP contribution in [0.2, 0.25) is 0 Å². The maximum atomic E-state index is 4.42. The molecule has 0 atom stereocenters. The van der Waals surface area contributed by atoms with Crippen LogP contribution < -0.4 is 5.32 Å². The van der Waals surface area contributed by atoms with Crippen molar-refractivity contribution in [2.24, 2.45) is 0 Å². The summed E-state index contributed by atoms with van der Waals surface area (Å²) in [5.74, 6) is 0. The van der Waals surface area contributed by atoms with Crippen LogP contribution in [0.1, 0.15) is 5.69 Å². The van der Waals surface area contributed by atoms with E-state index in [4.69, 9.17) is 0 Å². The molecule has 2 heteroatoms. The predicted molar refractivity (Wildman–Crippen MR) is 55.5 cm³/mol. The Morgan fingerprint density at radius 3 is 2.85 bits per heavy atom. The molecule has 0 unspecified atom stereocenters. The average molecular weight is 171 g/mol. The molecule has 0 fully saturated rings. The van der Waals surface area contributed by atoms with Gasteiger partial charge < -0.3 is 5.32 Å². The molecule has 2 aromatic rings. The number of nitrogens with zero attached hydrogens (tertiary/aromatic N) is 1. The molecule has 13 heavy (non-hydrogen) atoms. The number of benzene rings is 1. The third kappa shape index (κ3) is 1.35. The SMILES string of the molecule is [CH2]Nc1cc(C)nc2ccccc12. The van der Waals surface area contributed by atoms with Crippen molar-refractivity contribution in [3.05, 3.63) is 43.1 Å². The Hall–Kier alpha value is -1.57. The molecule has 0 spiro atoms. The summed E-state index contributed by atoms with van der Waals surface area (Å²) in [6.07, 6.45) is 0. The van der Waals surface area contributed by atoms with E-state index in [-0.39, 0.29) is 0 Å². The number of pyridine rings is 1. The van der Waals surface area contributed by atoms with Gasteiger partial charge in [-0.15, -0.1) is 0 Å². The molecule has 0 saturated carbocycles. The normalized spacial score (nSPS) is 10.3. The largest absolute Gasteiger partial charge is 0.383 e. The van der Waals surface area contributed by atoms with E-state index >= 15 is 0 Å². The van der Waals surface area contributed by atoms with Gasteiger partial charge in [0.15, 0.2) is 0 Å². The van der Waals surface area contributed by atoms with Gasteiger partial charge in [0.05, 0.1) is 5.52 Å². The number of aromatic nitrogens is 1. The molecule has 0 bridgehead atoms. The fraction of sp³-hybridized carbons (Fsp3) is 0.0909. The van der Waals surface area contributed by atoms with Crippen LogP contribution in [0, 0.1) is 14.0 Å². The molecule has 0 aliphatic heterocycles. The van der Waals surface area contributed by atoms with Crippen molar-refractivity contribution in [3.63, 3.8) is 0 Å². The van der Waals surface area contributed by atoms with Crippen LogP contribution in [-0.4, -0.2) is 4.98 Å². The Kier molecular flexibility index (Phi) is 1.89. The molecule has 2 nitrogen and oxygen atoms in total. The molecule has 1 aromatic heterocycles. The highest BCUT2D eigenvalue weighted by molar-refractivity contribution is 5.91. The second-order valence-electron chi connectivity index (χ2n) is 3.01. The zero-order chi connectivity index (χ0) is 9.26. The molecule has 2 rings (SSSR count).